The van der Waals surface area contributed by atoms with Crippen molar-refractivity contribution in [2.45, 2.75) is 26.7 Å². The first-order valence-corrected chi connectivity index (χ1v) is 6.22. The minimum Gasteiger partial charge on any atom is -0.305 e. The molecule has 0 unspecified atom stereocenters. The Hall–Kier alpha value is -2.17. The number of carbonyl (C=O) groups excluding carboxylic acids is 1. The van der Waals surface area contributed by atoms with E-state index in [0.717, 1.165) is 18.5 Å². The highest BCUT2D eigenvalue weighted by atomic mass is 19.1. The number of aromatic nitrogens is 2. The Morgan fingerprint density at radius 1 is 1.47 bits per heavy atom. The molecule has 0 spiro atoms. The highest BCUT2D eigenvalue weighted by molar-refractivity contribution is 6.04. The zero-order valence-electron chi connectivity index (χ0n) is 11.0. The third kappa shape index (κ3) is 2.99. The van der Waals surface area contributed by atoms with Crippen LogP contribution in [0.3, 0.4) is 0 Å². The molecule has 0 aliphatic carbocycles. The van der Waals surface area contributed by atoms with E-state index in [-0.39, 0.29) is 5.56 Å². The van der Waals surface area contributed by atoms with Crippen molar-refractivity contribution in [3.63, 3.8) is 0 Å². The molecule has 0 saturated carbocycles. The maximum Gasteiger partial charge on any atom is 0.259 e. The molecule has 100 valence electrons. The quantitative estimate of drug-likeness (QED) is 0.888. The van der Waals surface area contributed by atoms with Crippen molar-refractivity contribution < 1.29 is 9.18 Å². The van der Waals surface area contributed by atoms with Crippen LogP contribution in [0, 0.1) is 12.7 Å². The van der Waals surface area contributed by atoms with Crippen LogP contribution in [0.5, 0.6) is 0 Å². The molecule has 1 aromatic heterocycles. The number of nitrogens with zero attached hydrogens (tertiary/aromatic N) is 1. The average molecular weight is 261 g/mol. The van der Waals surface area contributed by atoms with Gasteiger partial charge in [0.1, 0.15) is 5.82 Å². The molecule has 1 amide bonds. The number of halogens is 1. The fourth-order valence-corrected chi connectivity index (χ4v) is 1.83. The Kier molecular flexibility index (Phi) is 3.94. The average Bonchev–Trinajstić information content (AvgIpc) is 2.80. The standard InChI is InChI=1S/C14H16FN3O/c1-3-5-10-8-12(18-17-10)16-14(19)11-7-4-6-9(2)13(11)15/h4,6-8H,3,5H2,1-2H3,(H2,16,17,18,19). The van der Waals surface area contributed by atoms with Crippen molar-refractivity contribution >= 4 is 11.7 Å². The lowest BCUT2D eigenvalue weighted by Crippen LogP contribution is -2.14. The molecule has 2 aromatic rings. The van der Waals surface area contributed by atoms with E-state index in [1.54, 1.807) is 25.1 Å². The maximum absolute atomic E-state index is 13.8. The molecule has 0 radical (unpaired) electrons. The fourth-order valence-electron chi connectivity index (χ4n) is 1.83. The van der Waals surface area contributed by atoms with Gasteiger partial charge in [-0.15, -0.1) is 0 Å². The van der Waals surface area contributed by atoms with Crippen molar-refractivity contribution in [2.75, 3.05) is 5.32 Å². The number of nitrogens with one attached hydrogen (secondary N) is 2. The van der Waals surface area contributed by atoms with Gasteiger partial charge in [-0.05, 0) is 25.0 Å². The fraction of sp³-hybridized carbons (Fsp3) is 0.286. The van der Waals surface area contributed by atoms with E-state index in [2.05, 4.69) is 22.4 Å². The molecule has 1 aromatic carbocycles. The minimum absolute atomic E-state index is 0.0278. The lowest BCUT2D eigenvalue weighted by molar-refractivity contribution is 0.102. The summed E-state index contributed by atoms with van der Waals surface area (Å²) in [6.07, 6.45) is 1.85. The van der Waals surface area contributed by atoms with E-state index in [4.69, 9.17) is 0 Å². The second-order valence-corrected chi connectivity index (χ2v) is 4.42. The number of carbonyl (C=O) groups is 1. The smallest absolute Gasteiger partial charge is 0.259 e. The molecule has 2 N–H and O–H groups in total. The van der Waals surface area contributed by atoms with Crippen LogP contribution in [-0.4, -0.2) is 16.1 Å². The highest BCUT2D eigenvalue weighted by Crippen LogP contribution is 2.14. The lowest BCUT2D eigenvalue weighted by Gasteiger charge is -2.04. The van der Waals surface area contributed by atoms with Gasteiger partial charge in [0.05, 0.1) is 5.56 Å². The molecule has 0 aliphatic rings. The van der Waals surface area contributed by atoms with Crippen molar-refractivity contribution in [1.29, 1.82) is 0 Å². The Labute approximate surface area is 111 Å². The first-order chi connectivity index (χ1) is 9.11. The second kappa shape index (κ2) is 5.65. The van der Waals surface area contributed by atoms with Crippen LogP contribution in [0.25, 0.3) is 0 Å². The van der Waals surface area contributed by atoms with E-state index in [0.29, 0.717) is 11.4 Å². The molecule has 2 rings (SSSR count). The van der Waals surface area contributed by atoms with Crippen LogP contribution >= 0.6 is 0 Å². The SMILES string of the molecule is CCCc1cc(NC(=O)c2cccc(C)c2F)n[nH]1. The number of H-pyrrole nitrogens is 1. The topological polar surface area (TPSA) is 57.8 Å². The summed E-state index contributed by atoms with van der Waals surface area (Å²) < 4.78 is 13.8. The molecule has 4 nitrogen and oxygen atoms in total. The third-order valence-corrected chi connectivity index (χ3v) is 2.83. The van der Waals surface area contributed by atoms with Crippen molar-refractivity contribution in [2.24, 2.45) is 0 Å². The van der Waals surface area contributed by atoms with Gasteiger partial charge in [-0.2, -0.15) is 5.10 Å². The summed E-state index contributed by atoms with van der Waals surface area (Å²) in [5.74, 6) is -0.575. The van der Waals surface area contributed by atoms with Gasteiger partial charge in [-0.1, -0.05) is 25.5 Å². The van der Waals surface area contributed by atoms with Crippen molar-refractivity contribution in [3.05, 3.63) is 46.9 Å². The molecule has 0 aliphatic heterocycles. The van der Waals surface area contributed by atoms with Crippen LogP contribution in [0.4, 0.5) is 10.2 Å². The van der Waals surface area contributed by atoms with Gasteiger partial charge in [0.25, 0.3) is 5.91 Å². The van der Waals surface area contributed by atoms with Crippen LogP contribution in [0.1, 0.15) is 35.0 Å². The van der Waals surface area contributed by atoms with Crippen molar-refractivity contribution in [3.8, 4) is 0 Å². The first-order valence-electron chi connectivity index (χ1n) is 6.22. The molecule has 1 heterocycles. The number of aromatic amines is 1. The zero-order chi connectivity index (χ0) is 13.8. The summed E-state index contributed by atoms with van der Waals surface area (Å²) in [5.41, 5.74) is 1.42. The van der Waals surface area contributed by atoms with Crippen LogP contribution in [0.15, 0.2) is 24.3 Å². The Balaban J connectivity index is 2.14. The summed E-state index contributed by atoms with van der Waals surface area (Å²) in [7, 11) is 0. The number of hydrogen-bond acceptors (Lipinski definition) is 2. The van der Waals surface area contributed by atoms with Gasteiger partial charge in [-0.25, -0.2) is 4.39 Å². The molecule has 0 atom stereocenters. The lowest BCUT2D eigenvalue weighted by atomic mass is 10.1. The van der Waals surface area contributed by atoms with Gasteiger partial charge in [-0.3, -0.25) is 9.89 Å². The van der Waals surface area contributed by atoms with Crippen molar-refractivity contribution in [1.82, 2.24) is 10.2 Å². The van der Waals surface area contributed by atoms with Crippen LogP contribution in [0.2, 0.25) is 0 Å². The van der Waals surface area contributed by atoms with Crippen LogP contribution in [-0.2, 0) is 6.42 Å². The summed E-state index contributed by atoms with van der Waals surface area (Å²) >= 11 is 0. The second-order valence-electron chi connectivity index (χ2n) is 4.42. The molecule has 0 bridgehead atoms. The molecular weight excluding hydrogens is 245 g/mol. The largest absolute Gasteiger partial charge is 0.305 e. The number of hydrogen-bond donors (Lipinski definition) is 2. The van der Waals surface area contributed by atoms with Gasteiger partial charge >= 0.3 is 0 Å². The number of amides is 1. The van der Waals surface area contributed by atoms with E-state index >= 15 is 0 Å². The van der Waals surface area contributed by atoms with E-state index in [1.165, 1.54) is 6.07 Å². The normalized spacial score (nSPS) is 10.5. The maximum atomic E-state index is 13.8. The minimum atomic E-state index is -0.496. The number of aryl methyl sites for hydroxylation is 2. The van der Waals surface area contributed by atoms with Gasteiger partial charge in [0, 0.05) is 11.8 Å². The van der Waals surface area contributed by atoms with Gasteiger partial charge in [0.15, 0.2) is 5.82 Å². The first kappa shape index (κ1) is 13.3. The van der Waals surface area contributed by atoms with Gasteiger partial charge in [0.2, 0.25) is 0 Å². The third-order valence-electron chi connectivity index (χ3n) is 2.83. The summed E-state index contributed by atoms with van der Waals surface area (Å²) in [6.45, 7) is 3.68. The molecule has 19 heavy (non-hydrogen) atoms. The Morgan fingerprint density at radius 2 is 2.26 bits per heavy atom. The zero-order valence-corrected chi connectivity index (χ0v) is 11.0. The molecule has 0 saturated heterocycles. The predicted molar refractivity (Wildman–Crippen MR) is 71.7 cm³/mol. The van der Waals surface area contributed by atoms with E-state index in [1.807, 2.05) is 0 Å². The Morgan fingerprint density at radius 3 is 3.00 bits per heavy atom. The van der Waals surface area contributed by atoms with E-state index < -0.39 is 11.7 Å². The monoisotopic (exact) mass is 261 g/mol. The molecule has 0 fully saturated rings. The summed E-state index contributed by atoms with van der Waals surface area (Å²) in [4.78, 5) is 11.9. The summed E-state index contributed by atoms with van der Waals surface area (Å²) in [5, 5.41) is 9.39. The number of rotatable bonds is 4. The van der Waals surface area contributed by atoms with E-state index in [9.17, 15) is 9.18 Å². The van der Waals surface area contributed by atoms with Gasteiger partial charge < -0.3 is 5.32 Å². The number of benzene rings is 1. The highest BCUT2D eigenvalue weighted by Gasteiger charge is 2.14. The van der Waals surface area contributed by atoms with Crippen LogP contribution < -0.4 is 5.32 Å². The number of anilines is 1. The predicted octanol–water partition coefficient (Wildman–Crippen LogP) is 3.06. The molecular formula is C14H16FN3O. The molecule has 5 heteroatoms. The summed E-state index contributed by atoms with van der Waals surface area (Å²) in [6, 6.07) is 6.49. The Bertz CT molecular complexity index is 592.